The zero-order valence-electron chi connectivity index (χ0n) is 18.1. The van der Waals surface area contributed by atoms with Gasteiger partial charge in [-0.3, -0.25) is 0 Å². The van der Waals surface area contributed by atoms with Crippen molar-refractivity contribution in [2.45, 2.75) is 44.4 Å². The van der Waals surface area contributed by atoms with Crippen molar-refractivity contribution in [3.63, 3.8) is 0 Å². The molecule has 5 heteroatoms. The molecule has 2 fully saturated rings. The Morgan fingerprint density at radius 1 is 0.844 bits per heavy atom. The van der Waals surface area contributed by atoms with E-state index in [4.69, 9.17) is 0 Å². The average Bonchev–Trinajstić information content (AvgIpc) is 2.77. The van der Waals surface area contributed by atoms with Crippen LogP contribution in [0.15, 0.2) is 36.9 Å². The van der Waals surface area contributed by atoms with E-state index in [1.165, 1.54) is 18.6 Å². The number of hydrogen-bond donors (Lipinski definition) is 0. The van der Waals surface area contributed by atoms with Gasteiger partial charge in [0.2, 0.25) is 0 Å². The van der Waals surface area contributed by atoms with Crippen molar-refractivity contribution >= 4 is 0 Å². The van der Waals surface area contributed by atoms with Crippen LogP contribution in [-0.4, -0.2) is 7.11 Å². The van der Waals surface area contributed by atoms with Crippen molar-refractivity contribution in [1.82, 2.24) is 0 Å². The first kappa shape index (κ1) is 22.5. The molecular formula is C27H26F4O. The lowest BCUT2D eigenvalue weighted by Gasteiger charge is -2.41. The van der Waals surface area contributed by atoms with Gasteiger partial charge < -0.3 is 4.74 Å². The van der Waals surface area contributed by atoms with Gasteiger partial charge in [-0.05, 0) is 92.0 Å². The van der Waals surface area contributed by atoms with Gasteiger partial charge in [0.15, 0.2) is 17.4 Å². The summed E-state index contributed by atoms with van der Waals surface area (Å²) in [6.07, 6.45) is 8.44. The Labute approximate surface area is 186 Å². The smallest absolute Gasteiger partial charge is 0.190 e. The molecule has 0 spiro atoms. The lowest BCUT2D eigenvalue weighted by molar-refractivity contribution is 0.133. The second-order valence-electron chi connectivity index (χ2n) is 8.92. The van der Waals surface area contributed by atoms with E-state index in [1.807, 2.05) is 0 Å². The Kier molecular flexibility index (Phi) is 6.60. The van der Waals surface area contributed by atoms with E-state index < -0.39 is 34.6 Å². The van der Waals surface area contributed by atoms with Crippen LogP contribution in [0.3, 0.4) is 0 Å². The topological polar surface area (TPSA) is 9.23 Å². The lowest BCUT2D eigenvalue weighted by Crippen LogP contribution is -2.30. The Bertz CT molecular complexity index is 1030. The van der Waals surface area contributed by atoms with Crippen molar-refractivity contribution in [1.29, 1.82) is 0 Å². The van der Waals surface area contributed by atoms with Crippen LogP contribution in [0.25, 0.3) is 0 Å². The molecule has 0 N–H and O–H groups in total. The van der Waals surface area contributed by atoms with Gasteiger partial charge >= 0.3 is 0 Å². The Morgan fingerprint density at radius 3 is 2.09 bits per heavy atom. The standard InChI is InChI=1S/C27H26F4O/c1-3-16-4-6-19-13-20(8-7-18(19)10-16)21-14-23(28)22(24(29)15-21)9-5-17-11-25(30)27(32-2)26(31)12-17/h3,11-12,14-16,18-20H,1,4,6-8,10,13H2,2H3. The van der Waals surface area contributed by atoms with Crippen molar-refractivity contribution in [3.05, 3.63) is 76.9 Å². The lowest BCUT2D eigenvalue weighted by atomic mass is 9.64. The maximum atomic E-state index is 14.8. The molecule has 0 amide bonds. The molecule has 0 radical (unpaired) electrons. The number of fused-ring (bicyclic) bond motifs is 1. The van der Waals surface area contributed by atoms with E-state index in [-0.39, 0.29) is 11.5 Å². The highest BCUT2D eigenvalue weighted by Crippen LogP contribution is 2.48. The molecule has 4 atom stereocenters. The summed E-state index contributed by atoms with van der Waals surface area (Å²) in [6.45, 7) is 3.93. The number of rotatable bonds is 3. The van der Waals surface area contributed by atoms with Crippen LogP contribution in [0.5, 0.6) is 5.75 Å². The molecule has 0 bridgehead atoms. The zero-order chi connectivity index (χ0) is 22.8. The highest BCUT2D eigenvalue weighted by Gasteiger charge is 2.35. The molecule has 2 aliphatic rings. The van der Waals surface area contributed by atoms with Crippen LogP contribution in [0.4, 0.5) is 17.6 Å². The van der Waals surface area contributed by atoms with E-state index in [2.05, 4.69) is 29.2 Å². The number of ether oxygens (including phenoxy) is 1. The van der Waals surface area contributed by atoms with Crippen LogP contribution in [0.1, 0.15) is 61.1 Å². The van der Waals surface area contributed by atoms with Crippen LogP contribution >= 0.6 is 0 Å². The van der Waals surface area contributed by atoms with E-state index in [0.717, 1.165) is 51.3 Å². The van der Waals surface area contributed by atoms with Gasteiger partial charge in [-0.15, -0.1) is 6.58 Å². The van der Waals surface area contributed by atoms with Crippen LogP contribution in [0, 0.1) is 52.9 Å². The Hall–Kier alpha value is -2.74. The molecule has 1 nitrogen and oxygen atoms in total. The predicted octanol–water partition coefficient (Wildman–Crippen LogP) is 7.14. The molecule has 0 aromatic heterocycles. The van der Waals surface area contributed by atoms with Crippen molar-refractivity contribution in [2.24, 2.45) is 17.8 Å². The number of benzene rings is 2. The fourth-order valence-corrected chi connectivity index (χ4v) is 5.35. The molecule has 2 aromatic carbocycles. The Morgan fingerprint density at radius 2 is 1.47 bits per heavy atom. The van der Waals surface area contributed by atoms with Crippen molar-refractivity contribution in [3.8, 4) is 17.6 Å². The third-order valence-corrected chi connectivity index (χ3v) is 7.06. The van der Waals surface area contributed by atoms with E-state index in [1.54, 1.807) is 0 Å². The van der Waals surface area contributed by atoms with Gasteiger partial charge in [0.25, 0.3) is 0 Å². The molecule has 168 valence electrons. The summed E-state index contributed by atoms with van der Waals surface area (Å²) in [7, 11) is 1.15. The SMILES string of the molecule is C=CC1CCC2CC(c3cc(F)c(C#Cc4cc(F)c(OC)c(F)c4)c(F)c3)CCC2C1. The number of halogens is 4. The summed E-state index contributed by atoms with van der Waals surface area (Å²) in [5, 5.41) is 0. The van der Waals surface area contributed by atoms with E-state index in [0.29, 0.717) is 23.3 Å². The number of methoxy groups -OCH3 is 1. The molecular weight excluding hydrogens is 416 g/mol. The number of hydrogen-bond acceptors (Lipinski definition) is 1. The first-order valence-corrected chi connectivity index (χ1v) is 11.1. The normalized spacial score (nSPS) is 24.8. The fraction of sp³-hybridized carbons (Fsp3) is 0.407. The highest BCUT2D eigenvalue weighted by atomic mass is 19.1. The molecule has 32 heavy (non-hydrogen) atoms. The van der Waals surface area contributed by atoms with Crippen LogP contribution in [-0.2, 0) is 0 Å². The molecule has 4 rings (SSSR count). The summed E-state index contributed by atoms with van der Waals surface area (Å²) < 4.78 is 61.8. The number of allylic oxidation sites excluding steroid dienone is 1. The van der Waals surface area contributed by atoms with Crippen molar-refractivity contribution < 1.29 is 22.3 Å². The van der Waals surface area contributed by atoms with Crippen molar-refractivity contribution in [2.75, 3.05) is 7.11 Å². The minimum atomic E-state index is -0.925. The molecule has 4 unspecified atom stereocenters. The maximum absolute atomic E-state index is 14.8. The molecule has 2 saturated carbocycles. The fourth-order valence-electron chi connectivity index (χ4n) is 5.35. The second-order valence-corrected chi connectivity index (χ2v) is 8.92. The van der Waals surface area contributed by atoms with E-state index in [9.17, 15) is 17.6 Å². The van der Waals surface area contributed by atoms with Gasteiger partial charge in [-0.25, -0.2) is 17.6 Å². The summed E-state index contributed by atoms with van der Waals surface area (Å²) in [6, 6.07) is 4.67. The summed E-state index contributed by atoms with van der Waals surface area (Å²) >= 11 is 0. The maximum Gasteiger partial charge on any atom is 0.190 e. The van der Waals surface area contributed by atoms with Gasteiger partial charge in [0.1, 0.15) is 11.6 Å². The third-order valence-electron chi connectivity index (χ3n) is 7.06. The van der Waals surface area contributed by atoms with Gasteiger partial charge in [0, 0.05) is 5.56 Å². The minimum Gasteiger partial charge on any atom is -0.491 e. The molecule has 2 aromatic rings. The third kappa shape index (κ3) is 4.55. The van der Waals surface area contributed by atoms with E-state index >= 15 is 0 Å². The molecule has 0 saturated heterocycles. The first-order valence-electron chi connectivity index (χ1n) is 11.1. The van der Waals surface area contributed by atoms with Crippen LogP contribution < -0.4 is 4.74 Å². The van der Waals surface area contributed by atoms with Crippen LogP contribution in [0.2, 0.25) is 0 Å². The Balaban J connectivity index is 1.53. The molecule has 2 aliphatic carbocycles. The summed E-state index contributed by atoms with van der Waals surface area (Å²) in [5.41, 5.74) is 0.235. The van der Waals surface area contributed by atoms with Gasteiger partial charge in [-0.2, -0.15) is 0 Å². The predicted molar refractivity (Wildman–Crippen MR) is 116 cm³/mol. The quantitative estimate of drug-likeness (QED) is 0.279. The minimum absolute atomic E-state index is 0.0304. The summed E-state index contributed by atoms with van der Waals surface area (Å²) in [4.78, 5) is 0. The monoisotopic (exact) mass is 442 g/mol. The molecule has 0 heterocycles. The summed E-state index contributed by atoms with van der Waals surface area (Å²) in [5.74, 6) is 2.96. The first-order chi connectivity index (χ1) is 15.4. The molecule has 0 aliphatic heterocycles. The second kappa shape index (κ2) is 9.40. The largest absolute Gasteiger partial charge is 0.491 e. The highest BCUT2D eigenvalue weighted by molar-refractivity contribution is 5.47. The van der Waals surface area contributed by atoms with Gasteiger partial charge in [0.05, 0.1) is 12.7 Å². The van der Waals surface area contributed by atoms with Gasteiger partial charge in [-0.1, -0.05) is 17.9 Å². The average molecular weight is 442 g/mol. The zero-order valence-corrected chi connectivity index (χ0v) is 18.1.